The summed E-state index contributed by atoms with van der Waals surface area (Å²) < 4.78 is 9.12. The third-order valence-corrected chi connectivity index (χ3v) is 14.1. The number of furan rings is 1. The van der Waals surface area contributed by atoms with Crippen molar-refractivity contribution in [2.75, 3.05) is 4.90 Å². The normalized spacial score (nSPS) is 11.8. The average Bonchev–Trinajstić information content (AvgIpc) is 3.97. The van der Waals surface area contributed by atoms with Gasteiger partial charge in [0, 0.05) is 55.7 Å². The second kappa shape index (κ2) is 15.7. The van der Waals surface area contributed by atoms with Crippen LogP contribution < -0.4 is 4.90 Å². The van der Waals surface area contributed by atoms with Crippen molar-refractivity contribution in [1.29, 1.82) is 0 Å². The van der Waals surface area contributed by atoms with Gasteiger partial charge >= 0.3 is 0 Å². The molecule has 0 aliphatic rings. The molecule has 14 rings (SSSR count). The third-order valence-electron chi connectivity index (χ3n) is 14.1. The van der Waals surface area contributed by atoms with Crippen LogP contribution in [-0.4, -0.2) is 4.57 Å². The van der Waals surface area contributed by atoms with Gasteiger partial charge in [0.05, 0.1) is 11.0 Å². The molecule has 14 aromatic rings. The summed E-state index contributed by atoms with van der Waals surface area (Å²) >= 11 is 0. The van der Waals surface area contributed by atoms with E-state index in [9.17, 15) is 0 Å². The number of anilines is 3. The van der Waals surface area contributed by atoms with Crippen LogP contribution in [0.2, 0.25) is 0 Å². The molecule has 0 saturated carbocycles. The molecule has 0 aliphatic carbocycles. The molecule has 3 heteroatoms. The minimum atomic E-state index is 0.859. The molecule has 0 aliphatic heterocycles. The van der Waals surface area contributed by atoms with Crippen molar-refractivity contribution in [3.8, 4) is 39.1 Å². The number of fused-ring (bicyclic) bond motifs is 11. The zero-order valence-corrected chi connectivity index (χ0v) is 37.6. The maximum atomic E-state index is 6.74. The van der Waals surface area contributed by atoms with Gasteiger partial charge in [0.25, 0.3) is 0 Å². The van der Waals surface area contributed by atoms with Crippen molar-refractivity contribution in [3.63, 3.8) is 0 Å². The van der Waals surface area contributed by atoms with Gasteiger partial charge in [-0.3, -0.25) is 0 Å². The molecule has 0 radical (unpaired) electrons. The summed E-state index contributed by atoms with van der Waals surface area (Å²) in [6.07, 6.45) is 0. The van der Waals surface area contributed by atoms with Crippen LogP contribution in [0.1, 0.15) is 0 Å². The number of hydrogen-bond donors (Lipinski definition) is 0. The molecule has 69 heavy (non-hydrogen) atoms. The van der Waals surface area contributed by atoms with E-state index in [1.54, 1.807) is 0 Å². The molecular formula is C66H42N2O. The van der Waals surface area contributed by atoms with E-state index in [-0.39, 0.29) is 0 Å². The molecule has 0 saturated heterocycles. The van der Waals surface area contributed by atoms with Crippen molar-refractivity contribution in [3.05, 3.63) is 255 Å². The molecule has 0 amide bonds. The van der Waals surface area contributed by atoms with Gasteiger partial charge in [0.15, 0.2) is 0 Å². The summed E-state index contributed by atoms with van der Waals surface area (Å²) in [6.45, 7) is 0. The van der Waals surface area contributed by atoms with Gasteiger partial charge in [-0.1, -0.05) is 170 Å². The maximum Gasteiger partial charge on any atom is 0.143 e. The number of rotatable bonds is 7. The van der Waals surface area contributed by atoms with Crippen molar-refractivity contribution in [1.82, 2.24) is 4.57 Å². The Morgan fingerprint density at radius 1 is 0.275 bits per heavy atom. The lowest BCUT2D eigenvalue weighted by atomic mass is 9.95. The predicted molar refractivity (Wildman–Crippen MR) is 292 cm³/mol. The molecule has 0 atom stereocenters. The lowest BCUT2D eigenvalue weighted by Crippen LogP contribution is -2.09. The third kappa shape index (κ3) is 6.51. The van der Waals surface area contributed by atoms with Crippen molar-refractivity contribution >= 4 is 93.1 Å². The number of aromatic nitrogens is 1. The zero-order chi connectivity index (χ0) is 45.4. The Bertz CT molecular complexity index is 4260. The van der Waals surface area contributed by atoms with Gasteiger partial charge in [0.1, 0.15) is 11.2 Å². The SMILES string of the molecule is c1cc(-c2ccc(N(c3ccc(-c4cccc(-n5c6ccccc6c6ccccc65)c4)cc3)c3ccc4c(c3)oc3c5ccccc5ccc43)cc2)cc(-c2ccc3ccc4ccccc4c3c2)c1. The molecule has 322 valence electrons. The van der Waals surface area contributed by atoms with E-state index >= 15 is 0 Å². The van der Waals surface area contributed by atoms with Gasteiger partial charge in [0.2, 0.25) is 0 Å². The summed E-state index contributed by atoms with van der Waals surface area (Å²) in [5.74, 6) is 0. The Hall–Kier alpha value is -9.18. The van der Waals surface area contributed by atoms with Crippen LogP contribution in [0.15, 0.2) is 259 Å². The van der Waals surface area contributed by atoms with Crippen LogP contribution in [0.25, 0.3) is 115 Å². The molecule has 2 heterocycles. The van der Waals surface area contributed by atoms with Crippen LogP contribution in [0.3, 0.4) is 0 Å². The topological polar surface area (TPSA) is 21.3 Å². The average molecular weight is 879 g/mol. The highest BCUT2D eigenvalue weighted by Gasteiger charge is 2.18. The summed E-state index contributed by atoms with van der Waals surface area (Å²) in [6, 6.07) is 92.5. The monoisotopic (exact) mass is 878 g/mol. The first-order valence-electron chi connectivity index (χ1n) is 23.6. The minimum Gasteiger partial charge on any atom is -0.455 e. The molecule has 12 aromatic carbocycles. The van der Waals surface area contributed by atoms with Crippen molar-refractivity contribution in [2.24, 2.45) is 0 Å². The fraction of sp³-hybridized carbons (Fsp3) is 0. The van der Waals surface area contributed by atoms with Gasteiger partial charge < -0.3 is 13.9 Å². The van der Waals surface area contributed by atoms with Crippen LogP contribution in [-0.2, 0) is 0 Å². The van der Waals surface area contributed by atoms with Gasteiger partial charge in [-0.25, -0.2) is 0 Å². The Labute approximate surface area is 399 Å². The highest BCUT2D eigenvalue weighted by Crippen LogP contribution is 2.42. The molecule has 0 N–H and O–H groups in total. The van der Waals surface area contributed by atoms with Gasteiger partial charge in [-0.05, 0) is 139 Å². The number of nitrogens with zero attached hydrogens (tertiary/aromatic N) is 2. The molecule has 3 nitrogen and oxygen atoms in total. The zero-order valence-electron chi connectivity index (χ0n) is 37.6. The lowest BCUT2D eigenvalue weighted by molar-refractivity contribution is 0.672. The van der Waals surface area contributed by atoms with E-state index in [4.69, 9.17) is 4.42 Å². The largest absolute Gasteiger partial charge is 0.455 e. The van der Waals surface area contributed by atoms with Crippen LogP contribution in [0, 0.1) is 0 Å². The van der Waals surface area contributed by atoms with E-state index in [2.05, 4.69) is 264 Å². The Balaban J connectivity index is 0.847. The second-order valence-corrected chi connectivity index (χ2v) is 18.1. The van der Waals surface area contributed by atoms with E-state index in [0.29, 0.717) is 0 Å². The van der Waals surface area contributed by atoms with Crippen molar-refractivity contribution in [2.45, 2.75) is 0 Å². The van der Waals surface area contributed by atoms with Crippen molar-refractivity contribution < 1.29 is 4.42 Å². The molecule has 0 unspecified atom stereocenters. The van der Waals surface area contributed by atoms with Gasteiger partial charge in [-0.2, -0.15) is 0 Å². The Kier molecular flexibility index (Phi) is 8.90. The Morgan fingerprint density at radius 3 is 1.45 bits per heavy atom. The van der Waals surface area contributed by atoms with E-state index in [0.717, 1.165) is 66.8 Å². The molecule has 0 fully saturated rings. The number of hydrogen-bond acceptors (Lipinski definition) is 2. The van der Waals surface area contributed by atoms with Crippen LogP contribution in [0.4, 0.5) is 17.1 Å². The second-order valence-electron chi connectivity index (χ2n) is 18.1. The quantitative estimate of drug-likeness (QED) is 0.149. The van der Waals surface area contributed by atoms with Crippen LogP contribution in [0.5, 0.6) is 0 Å². The predicted octanol–water partition coefficient (Wildman–Crippen LogP) is 18.6. The van der Waals surface area contributed by atoms with E-state index in [1.165, 1.54) is 65.4 Å². The smallest absolute Gasteiger partial charge is 0.143 e. The summed E-state index contributed by atoms with van der Waals surface area (Å²) in [5.41, 5.74) is 15.5. The molecular weight excluding hydrogens is 837 g/mol. The summed E-state index contributed by atoms with van der Waals surface area (Å²) in [4.78, 5) is 2.34. The standard InChI is InChI=1S/C66H42N2O/c1-3-17-56-45(11-1)23-24-47-25-26-51(41-62(47)56)49-14-9-13-48(39-49)43-27-32-52(33-28-43)67(55-36-38-60-61-37-31-46-12-2-4-18-57(46)66(61)69-65(60)42-55)53-34-29-44(30-35-53)50-15-10-16-54(40-50)68-63-21-7-5-19-58(63)59-20-6-8-22-64(59)68/h1-42H. The van der Waals surface area contributed by atoms with E-state index in [1.807, 2.05) is 0 Å². The maximum absolute atomic E-state index is 6.74. The highest BCUT2D eigenvalue weighted by atomic mass is 16.3. The first-order chi connectivity index (χ1) is 34.2. The minimum absolute atomic E-state index is 0.859. The first kappa shape index (κ1) is 39.0. The highest BCUT2D eigenvalue weighted by molar-refractivity contribution is 6.16. The summed E-state index contributed by atoms with van der Waals surface area (Å²) in [7, 11) is 0. The number of benzene rings is 12. The first-order valence-corrected chi connectivity index (χ1v) is 23.6. The van der Waals surface area contributed by atoms with E-state index < -0.39 is 0 Å². The van der Waals surface area contributed by atoms with Gasteiger partial charge in [-0.15, -0.1) is 0 Å². The fourth-order valence-electron chi connectivity index (χ4n) is 10.8. The number of para-hydroxylation sites is 2. The lowest BCUT2D eigenvalue weighted by Gasteiger charge is -2.26. The molecule has 2 aromatic heterocycles. The summed E-state index contributed by atoms with van der Waals surface area (Å²) in [5, 5.41) is 12.1. The Morgan fingerprint density at radius 2 is 0.754 bits per heavy atom. The molecule has 0 spiro atoms. The fourth-order valence-corrected chi connectivity index (χ4v) is 10.8. The van der Waals surface area contributed by atoms with Crippen LogP contribution >= 0.6 is 0 Å². The molecule has 0 bridgehead atoms.